The molecule has 0 aliphatic carbocycles. The summed E-state index contributed by atoms with van der Waals surface area (Å²) in [7, 11) is 0. The second-order valence-electron chi connectivity index (χ2n) is 6.49. The number of nitrogens with zero attached hydrogens (tertiary/aromatic N) is 5. The lowest BCUT2D eigenvalue weighted by molar-refractivity contribution is -0.135. The third-order valence-electron chi connectivity index (χ3n) is 5.05. The highest BCUT2D eigenvalue weighted by molar-refractivity contribution is 5.93. The first kappa shape index (κ1) is 14.7. The Hall–Kier alpha value is -1.89. The minimum atomic E-state index is 0.148. The average molecular weight is 317 g/mol. The van der Waals surface area contributed by atoms with E-state index in [9.17, 15) is 4.79 Å². The molecule has 0 aromatic carbocycles. The Labute approximate surface area is 135 Å². The second-order valence-corrected chi connectivity index (χ2v) is 6.49. The lowest BCUT2D eigenvalue weighted by Crippen LogP contribution is -2.62. The Morgan fingerprint density at radius 3 is 2.96 bits per heavy atom. The number of ether oxygens (including phenoxy) is 1. The van der Waals surface area contributed by atoms with Crippen molar-refractivity contribution >= 4 is 5.91 Å². The monoisotopic (exact) mass is 317 g/mol. The molecular formula is C16H23N5O2. The van der Waals surface area contributed by atoms with E-state index in [-0.39, 0.29) is 5.91 Å². The molecule has 0 saturated carbocycles. The smallest absolute Gasteiger partial charge is 0.252 e. The van der Waals surface area contributed by atoms with E-state index in [1.165, 1.54) is 0 Å². The van der Waals surface area contributed by atoms with Crippen molar-refractivity contribution in [1.82, 2.24) is 24.6 Å². The predicted octanol–water partition coefficient (Wildman–Crippen LogP) is 0.561. The molecule has 1 saturated heterocycles. The van der Waals surface area contributed by atoms with Gasteiger partial charge in [0.15, 0.2) is 0 Å². The number of aryl methyl sites for hydroxylation is 1. The van der Waals surface area contributed by atoms with Crippen molar-refractivity contribution in [2.45, 2.75) is 45.3 Å². The Kier molecular flexibility index (Phi) is 3.80. The number of hydrogen-bond donors (Lipinski definition) is 0. The third-order valence-corrected chi connectivity index (χ3v) is 5.05. The highest BCUT2D eigenvalue weighted by atomic mass is 16.5. The van der Waals surface area contributed by atoms with Crippen LogP contribution in [0.5, 0.6) is 0 Å². The summed E-state index contributed by atoms with van der Waals surface area (Å²) in [5.74, 6) is 2.28. The van der Waals surface area contributed by atoms with E-state index < -0.39 is 0 Å². The van der Waals surface area contributed by atoms with Gasteiger partial charge in [-0.05, 0) is 12.8 Å². The molecule has 3 aliphatic heterocycles. The number of likely N-dealkylation sites (tertiary alicyclic amines) is 1. The van der Waals surface area contributed by atoms with Gasteiger partial charge in [-0.2, -0.15) is 0 Å². The molecule has 1 aromatic rings. The minimum Gasteiger partial charge on any atom is -0.501 e. The summed E-state index contributed by atoms with van der Waals surface area (Å²) in [4.78, 5) is 16.7. The van der Waals surface area contributed by atoms with Crippen molar-refractivity contribution in [2.75, 3.05) is 26.2 Å². The molecular weight excluding hydrogens is 294 g/mol. The van der Waals surface area contributed by atoms with Crippen LogP contribution < -0.4 is 0 Å². The van der Waals surface area contributed by atoms with Gasteiger partial charge < -0.3 is 14.2 Å². The maximum Gasteiger partial charge on any atom is 0.252 e. The van der Waals surface area contributed by atoms with Crippen molar-refractivity contribution in [2.24, 2.45) is 0 Å². The van der Waals surface area contributed by atoms with E-state index in [0.717, 1.165) is 75.8 Å². The van der Waals surface area contributed by atoms with Gasteiger partial charge in [-0.25, -0.2) is 0 Å². The molecule has 1 amide bonds. The van der Waals surface area contributed by atoms with Gasteiger partial charge in [0.05, 0.1) is 25.0 Å². The molecule has 0 spiro atoms. The van der Waals surface area contributed by atoms with Crippen LogP contribution in [0, 0.1) is 0 Å². The van der Waals surface area contributed by atoms with Gasteiger partial charge in [-0.1, -0.05) is 6.92 Å². The number of rotatable bonds is 3. The van der Waals surface area contributed by atoms with Crippen LogP contribution in [0.2, 0.25) is 0 Å². The summed E-state index contributed by atoms with van der Waals surface area (Å²) in [6, 6.07) is 0.444. The molecule has 0 N–H and O–H groups in total. The first-order chi connectivity index (χ1) is 11.3. The van der Waals surface area contributed by atoms with Crippen molar-refractivity contribution in [3.05, 3.63) is 23.5 Å². The van der Waals surface area contributed by atoms with Crippen LogP contribution in [-0.4, -0.2) is 62.8 Å². The van der Waals surface area contributed by atoms with Gasteiger partial charge in [-0.3, -0.25) is 9.69 Å². The molecule has 23 heavy (non-hydrogen) atoms. The van der Waals surface area contributed by atoms with Gasteiger partial charge in [0.1, 0.15) is 11.6 Å². The molecule has 7 nitrogen and oxygen atoms in total. The Bertz CT molecular complexity index is 632. The maximum atomic E-state index is 12.4. The SMILES string of the molecule is CCc1nnc2n1CCN(C1CN(C(=O)C3=COCCC3)C1)C2. The van der Waals surface area contributed by atoms with E-state index in [2.05, 4.69) is 26.6 Å². The largest absolute Gasteiger partial charge is 0.501 e. The standard InChI is InChI=1S/C16H23N5O2/c1-2-14-17-18-15-10-19(5-6-21(14)15)13-8-20(9-13)16(22)12-4-3-7-23-11-12/h11,13H,2-10H2,1H3. The molecule has 124 valence electrons. The van der Waals surface area contributed by atoms with Crippen molar-refractivity contribution in [3.63, 3.8) is 0 Å². The quantitative estimate of drug-likeness (QED) is 0.815. The fraction of sp³-hybridized carbons (Fsp3) is 0.688. The third kappa shape index (κ3) is 2.63. The van der Waals surface area contributed by atoms with Crippen molar-refractivity contribution in [1.29, 1.82) is 0 Å². The zero-order valence-corrected chi connectivity index (χ0v) is 13.6. The first-order valence-electron chi connectivity index (χ1n) is 8.51. The van der Waals surface area contributed by atoms with E-state index in [1.54, 1.807) is 6.26 Å². The van der Waals surface area contributed by atoms with Gasteiger partial charge in [0.2, 0.25) is 0 Å². The summed E-state index contributed by atoms with van der Waals surface area (Å²) < 4.78 is 7.52. The second kappa shape index (κ2) is 5.96. The fourth-order valence-electron chi connectivity index (χ4n) is 3.59. The highest BCUT2D eigenvalue weighted by Crippen LogP contribution is 2.24. The summed E-state index contributed by atoms with van der Waals surface area (Å²) in [6.45, 7) is 7.27. The van der Waals surface area contributed by atoms with Gasteiger partial charge in [-0.15, -0.1) is 10.2 Å². The summed E-state index contributed by atoms with van der Waals surface area (Å²) in [5.41, 5.74) is 0.820. The van der Waals surface area contributed by atoms with Gasteiger partial charge >= 0.3 is 0 Å². The first-order valence-corrected chi connectivity index (χ1v) is 8.51. The Morgan fingerprint density at radius 2 is 2.22 bits per heavy atom. The molecule has 7 heteroatoms. The lowest BCUT2D eigenvalue weighted by Gasteiger charge is -2.46. The van der Waals surface area contributed by atoms with E-state index in [1.807, 2.05) is 4.90 Å². The number of carbonyl (C=O) groups is 1. The zero-order valence-electron chi connectivity index (χ0n) is 13.6. The molecule has 3 aliphatic rings. The van der Waals surface area contributed by atoms with Crippen molar-refractivity contribution < 1.29 is 9.53 Å². The zero-order chi connectivity index (χ0) is 15.8. The lowest BCUT2D eigenvalue weighted by atomic mass is 10.0. The minimum absolute atomic E-state index is 0.148. The molecule has 4 rings (SSSR count). The summed E-state index contributed by atoms with van der Waals surface area (Å²) >= 11 is 0. The number of aromatic nitrogens is 3. The highest BCUT2D eigenvalue weighted by Gasteiger charge is 2.37. The number of amides is 1. The fourth-order valence-corrected chi connectivity index (χ4v) is 3.59. The molecule has 0 unspecified atom stereocenters. The Morgan fingerprint density at radius 1 is 1.35 bits per heavy atom. The van der Waals surface area contributed by atoms with Crippen molar-refractivity contribution in [3.8, 4) is 0 Å². The number of hydrogen-bond acceptors (Lipinski definition) is 5. The maximum absolute atomic E-state index is 12.4. The Balaban J connectivity index is 1.34. The average Bonchev–Trinajstić information content (AvgIpc) is 2.96. The normalized spacial score (nSPS) is 22.1. The number of carbonyl (C=O) groups excluding carboxylic acids is 1. The van der Waals surface area contributed by atoms with Crippen LogP contribution in [0.15, 0.2) is 11.8 Å². The van der Waals surface area contributed by atoms with Crippen LogP contribution in [0.4, 0.5) is 0 Å². The van der Waals surface area contributed by atoms with Crippen LogP contribution >= 0.6 is 0 Å². The molecule has 1 aromatic heterocycles. The molecule has 0 radical (unpaired) electrons. The molecule has 0 atom stereocenters. The topological polar surface area (TPSA) is 63.5 Å². The van der Waals surface area contributed by atoms with E-state index in [0.29, 0.717) is 6.04 Å². The predicted molar refractivity (Wildman–Crippen MR) is 83.4 cm³/mol. The van der Waals surface area contributed by atoms with Crippen LogP contribution in [0.1, 0.15) is 31.4 Å². The summed E-state index contributed by atoms with van der Waals surface area (Å²) in [6.07, 6.45) is 4.35. The van der Waals surface area contributed by atoms with Crippen LogP contribution in [0.3, 0.4) is 0 Å². The molecule has 0 bridgehead atoms. The summed E-state index contributed by atoms with van der Waals surface area (Å²) in [5, 5.41) is 8.57. The van der Waals surface area contributed by atoms with Gasteiger partial charge in [0.25, 0.3) is 5.91 Å². The molecule has 1 fully saturated rings. The molecule has 4 heterocycles. The van der Waals surface area contributed by atoms with Gasteiger partial charge in [0, 0.05) is 38.6 Å². The van der Waals surface area contributed by atoms with Crippen LogP contribution in [0.25, 0.3) is 0 Å². The van der Waals surface area contributed by atoms with E-state index in [4.69, 9.17) is 4.74 Å². The van der Waals surface area contributed by atoms with E-state index >= 15 is 0 Å². The number of fused-ring (bicyclic) bond motifs is 1. The van der Waals surface area contributed by atoms with Crippen LogP contribution in [-0.2, 0) is 29.0 Å².